The van der Waals surface area contributed by atoms with Crippen molar-refractivity contribution in [3.63, 3.8) is 0 Å². The van der Waals surface area contributed by atoms with Crippen LogP contribution in [-0.4, -0.2) is 54.2 Å². The highest BCUT2D eigenvalue weighted by molar-refractivity contribution is 5.82. The van der Waals surface area contributed by atoms with E-state index >= 15 is 0 Å². The molecular formula is C27H30N2O5. The zero-order chi connectivity index (χ0) is 24.1. The van der Waals surface area contributed by atoms with Crippen LogP contribution < -0.4 is 5.32 Å². The zero-order valence-corrected chi connectivity index (χ0v) is 19.1. The van der Waals surface area contributed by atoms with Gasteiger partial charge in [0.05, 0.1) is 0 Å². The molecule has 7 nitrogen and oxygen atoms in total. The predicted octanol–water partition coefficient (Wildman–Crippen LogP) is 4.04. The number of carbonyl (C=O) groups excluding carboxylic acids is 2. The number of ether oxygens (including phenoxy) is 1. The molecule has 2 aliphatic carbocycles. The van der Waals surface area contributed by atoms with E-state index in [-0.39, 0.29) is 37.4 Å². The molecule has 4 rings (SSSR count). The second-order valence-electron chi connectivity index (χ2n) is 9.07. The zero-order valence-electron chi connectivity index (χ0n) is 19.1. The SMILES string of the molecule is C=CCN(CC(=O)O)C(=O)CC1CC(CNC(=O)OCC2c3ccccc3-c3ccccc32)C1. The Morgan fingerprint density at radius 3 is 2.24 bits per heavy atom. The van der Waals surface area contributed by atoms with Gasteiger partial charge >= 0.3 is 12.1 Å². The third kappa shape index (κ3) is 5.30. The molecule has 1 fully saturated rings. The molecule has 2 aromatic rings. The summed E-state index contributed by atoms with van der Waals surface area (Å²) >= 11 is 0. The summed E-state index contributed by atoms with van der Waals surface area (Å²) in [4.78, 5) is 36.9. The number of carbonyl (C=O) groups is 3. The van der Waals surface area contributed by atoms with Gasteiger partial charge < -0.3 is 20.1 Å². The van der Waals surface area contributed by atoms with E-state index in [0.717, 1.165) is 12.8 Å². The number of carboxylic acid groups (broad SMARTS) is 1. The number of rotatable bonds is 10. The lowest BCUT2D eigenvalue weighted by atomic mass is 9.73. The van der Waals surface area contributed by atoms with E-state index in [1.54, 1.807) is 0 Å². The topological polar surface area (TPSA) is 95.9 Å². The van der Waals surface area contributed by atoms with Gasteiger partial charge in [-0.05, 0) is 46.9 Å². The lowest BCUT2D eigenvalue weighted by molar-refractivity contribution is -0.144. The molecule has 7 heteroatoms. The maximum atomic E-state index is 12.4. The van der Waals surface area contributed by atoms with Crippen LogP contribution in [0.5, 0.6) is 0 Å². The number of nitrogens with zero attached hydrogens (tertiary/aromatic N) is 1. The average molecular weight is 463 g/mol. The van der Waals surface area contributed by atoms with E-state index in [4.69, 9.17) is 9.84 Å². The molecule has 34 heavy (non-hydrogen) atoms. The molecule has 0 saturated heterocycles. The van der Waals surface area contributed by atoms with Crippen molar-refractivity contribution >= 4 is 18.0 Å². The van der Waals surface area contributed by atoms with Crippen molar-refractivity contribution in [2.75, 3.05) is 26.2 Å². The Hall–Kier alpha value is -3.61. The number of carboxylic acids is 1. The Kier molecular flexibility index (Phi) is 7.30. The van der Waals surface area contributed by atoms with Crippen molar-refractivity contribution in [1.82, 2.24) is 10.2 Å². The van der Waals surface area contributed by atoms with Crippen molar-refractivity contribution in [2.45, 2.75) is 25.2 Å². The van der Waals surface area contributed by atoms with Crippen LogP contribution in [-0.2, 0) is 14.3 Å². The summed E-state index contributed by atoms with van der Waals surface area (Å²) in [6.45, 7) is 4.28. The maximum Gasteiger partial charge on any atom is 0.407 e. The molecule has 2 N–H and O–H groups in total. The molecule has 1 saturated carbocycles. The van der Waals surface area contributed by atoms with Crippen molar-refractivity contribution in [2.24, 2.45) is 11.8 Å². The van der Waals surface area contributed by atoms with E-state index in [1.165, 1.54) is 33.2 Å². The van der Waals surface area contributed by atoms with Gasteiger partial charge in [0.1, 0.15) is 13.2 Å². The van der Waals surface area contributed by atoms with Crippen molar-refractivity contribution in [3.8, 4) is 11.1 Å². The van der Waals surface area contributed by atoms with Gasteiger partial charge in [-0.2, -0.15) is 0 Å². The van der Waals surface area contributed by atoms with Crippen molar-refractivity contribution in [1.29, 1.82) is 0 Å². The van der Waals surface area contributed by atoms with Crippen LogP contribution in [0.2, 0.25) is 0 Å². The number of hydrogen-bond acceptors (Lipinski definition) is 4. The van der Waals surface area contributed by atoms with Gasteiger partial charge in [0, 0.05) is 25.4 Å². The Morgan fingerprint density at radius 2 is 1.65 bits per heavy atom. The van der Waals surface area contributed by atoms with Gasteiger partial charge in [-0.1, -0.05) is 54.6 Å². The Balaban J connectivity index is 1.20. The van der Waals surface area contributed by atoms with Crippen LogP contribution in [0.15, 0.2) is 61.2 Å². The normalized spacial score (nSPS) is 18.2. The Labute approximate surface area is 199 Å². The first-order valence-corrected chi connectivity index (χ1v) is 11.7. The van der Waals surface area contributed by atoms with Gasteiger partial charge in [0.25, 0.3) is 0 Å². The van der Waals surface area contributed by atoms with Crippen LogP contribution in [0.4, 0.5) is 4.79 Å². The third-order valence-corrected chi connectivity index (χ3v) is 6.70. The number of benzene rings is 2. The molecule has 0 atom stereocenters. The summed E-state index contributed by atoms with van der Waals surface area (Å²) in [6.07, 6.45) is 3.07. The molecule has 0 aliphatic heterocycles. The summed E-state index contributed by atoms with van der Waals surface area (Å²) < 4.78 is 5.57. The van der Waals surface area contributed by atoms with Crippen LogP contribution in [0, 0.1) is 11.8 Å². The molecule has 0 spiro atoms. The molecule has 0 heterocycles. The standard InChI is InChI=1S/C27H30N2O5/c1-2-11-29(16-26(31)32)25(30)14-18-12-19(13-18)15-28-27(33)34-17-24-22-9-5-3-7-20(22)21-8-4-6-10-23(21)24/h2-10,18-19,24H,1,11-17H2,(H,28,33)(H,31,32). The fourth-order valence-corrected chi connectivity index (χ4v) is 5.03. The number of alkyl carbamates (subject to hydrolysis) is 1. The minimum absolute atomic E-state index is 0.0292. The average Bonchev–Trinajstić information content (AvgIpc) is 3.12. The number of hydrogen-bond donors (Lipinski definition) is 2. The number of aliphatic carboxylic acids is 1. The highest BCUT2D eigenvalue weighted by Crippen LogP contribution is 2.44. The van der Waals surface area contributed by atoms with Gasteiger partial charge in [-0.25, -0.2) is 4.79 Å². The third-order valence-electron chi connectivity index (χ3n) is 6.70. The fourth-order valence-electron chi connectivity index (χ4n) is 5.03. The summed E-state index contributed by atoms with van der Waals surface area (Å²) in [5.74, 6) is -0.667. The number of amides is 2. The molecule has 2 aliphatic rings. The number of nitrogens with one attached hydrogen (secondary N) is 1. The minimum atomic E-state index is -1.03. The molecule has 2 aromatic carbocycles. The second kappa shape index (κ2) is 10.5. The molecule has 2 amide bonds. The summed E-state index contributed by atoms with van der Waals surface area (Å²) in [7, 11) is 0. The van der Waals surface area contributed by atoms with Crippen LogP contribution >= 0.6 is 0 Å². The lowest BCUT2D eigenvalue weighted by Gasteiger charge is -2.36. The summed E-state index contributed by atoms with van der Waals surface area (Å²) in [5, 5.41) is 11.8. The van der Waals surface area contributed by atoms with Crippen molar-refractivity contribution < 1.29 is 24.2 Å². The Bertz CT molecular complexity index is 1030. The molecular weight excluding hydrogens is 432 g/mol. The van der Waals surface area contributed by atoms with Gasteiger partial charge in [0.15, 0.2) is 0 Å². The monoisotopic (exact) mass is 462 g/mol. The fraction of sp³-hybridized carbons (Fsp3) is 0.370. The Morgan fingerprint density at radius 1 is 1.03 bits per heavy atom. The predicted molar refractivity (Wildman–Crippen MR) is 128 cm³/mol. The summed E-state index contributed by atoms with van der Waals surface area (Å²) in [5.41, 5.74) is 4.74. The van der Waals surface area contributed by atoms with Crippen LogP contribution in [0.3, 0.4) is 0 Å². The lowest BCUT2D eigenvalue weighted by Crippen LogP contribution is -2.41. The minimum Gasteiger partial charge on any atom is -0.480 e. The van der Waals surface area contributed by atoms with Gasteiger partial charge in [0.2, 0.25) is 5.91 Å². The smallest absolute Gasteiger partial charge is 0.407 e. The first-order valence-electron chi connectivity index (χ1n) is 11.7. The van der Waals surface area contributed by atoms with Gasteiger partial charge in [-0.15, -0.1) is 6.58 Å². The van der Waals surface area contributed by atoms with Crippen LogP contribution in [0.1, 0.15) is 36.3 Å². The molecule has 0 bridgehead atoms. The first kappa shape index (κ1) is 23.5. The van der Waals surface area contributed by atoms with Gasteiger partial charge in [-0.3, -0.25) is 9.59 Å². The molecule has 0 unspecified atom stereocenters. The molecule has 0 radical (unpaired) electrons. The largest absolute Gasteiger partial charge is 0.480 e. The van der Waals surface area contributed by atoms with Crippen molar-refractivity contribution in [3.05, 3.63) is 72.3 Å². The van der Waals surface area contributed by atoms with E-state index in [0.29, 0.717) is 18.9 Å². The van der Waals surface area contributed by atoms with E-state index in [9.17, 15) is 14.4 Å². The maximum absolute atomic E-state index is 12.4. The molecule has 0 aromatic heterocycles. The summed E-state index contributed by atoms with van der Waals surface area (Å²) in [6, 6.07) is 16.4. The highest BCUT2D eigenvalue weighted by atomic mass is 16.5. The molecule has 178 valence electrons. The second-order valence-corrected chi connectivity index (χ2v) is 9.07. The van der Waals surface area contributed by atoms with E-state index in [1.807, 2.05) is 24.3 Å². The van der Waals surface area contributed by atoms with Crippen LogP contribution in [0.25, 0.3) is 11.1 Å². The first-order chi connectivity index (χ1) is 16.5. The highest BCUT2D eigenvalue weighted by Gasteiger charge is 2.33. The quantitative estimate of drug-likeness (QED) is 0.520. The van der Waals surface area contributed by atoms with E-state index in [2.05, 4.69) is 36.2 Å². The number of fused-ring (bicyclic) bond motifs is 3. The van der Waals surface area contributed by atoms with E-state index < -0.39 is 12.1 Å².